The molecule has 0 heterocycles. The second-order valence-corrected chi connectivity index (χ2v) is 7.43. The van der Waals surface area contributed by atoms with Crippen molar-refractivity contribution in [3.05, 3.63) is 35.1 Å². The van der Waals surface area contributed by atoms with Gasteiger partial charge >= 0.3 is 0 Å². The second kappa shape index (κ2) is 4.50. The molecule has 4 heteroatoms. The Hall–Kier alpha value is -0.740. The highest BCUT2D eigenvalue weighted by Crippen LogP contribution is 2.32. The van der Waals surface area contributed by atoms with E-state index in [-0.39, 0.29) is 16.6 Å². The van der Waals surface area contributed by atoms with Gasteiger partial charge in [-0.05, 0) is 56.9 Å². The van der Waals surface area contributed by atoms with Crippen molar-refractivity contribution in [3.8, 4) is 0 Å². The van der Waals surface area contributed by atoms with Crippen LogP contribution in [0.25, 0.3) is 0 Å². The lowest BCUT2D eigenvalue weighted by Gasteiger charge is -2.22. The summed E-state index contributed by atoms with van der Waals surface area (Å²) in [7, 11) is -1.11. The number of hydrogen-bond donors (Lipinski definition) is 1. The molecule has 0 aliphatic heterocycles. The summed E-state index contributed by atoms with van der Waals surface area (Å²) in [6.07, 6.45) is 1.81. The second-order valence-electron chi connectivity index (χ2n) is 5.43. The van der Waals surface area contributed by atoms with Crippen molar-refractivity contribution < 1.29 is 8.60 Å². The van der Waals surface area contributed by atoms with Crippen LogP contribution in [0.1, 0.15) is 44.4 Å². The van der Waals surface area contributed by atoms with Gasteiger partial charge in [0.05, 0.1) is 15.7 Å². The topological polar surface area (TPSA) is 29.1 Å². The Morgan fingerprint density at radius 3 is 2.76 bits per heavy atom. The average molecular weight is 255 g/mol. The van der Waals surface area contributed by atoms with Crippen molar-refractivity contribution in [2.75, 3.05) is 0 Å². The summed E-state index contributed by atoms with van der Waals surface area (Å²) in [5.74, 6) is -0.223. The highest BCUT2D eigenvalue weighted by Gasteiger charge is 2.28. The minimum Gasteiger partial charge on any atom is -0.242 e. The van der Waals surface area contributed by atoms with E-state index in [1.54, 1.807) is 6.07 Å². The van der Waals surface area contributed by atoms with Crippen LogP contribution in [-0.4, -0.2) is 8.96 Å². The molecule has 17 heavy (non-hydrogen) atoms. The molecule has 0 saturated heterocycles. The van der Waals surface area contributed by atoms with Gasteiger partial charge in [-0.1, -0.05) is 6.07 Å². The molecule has 0 aromatic heterocycles. The van der Waals surface area contributed by atoms with Gasteiger partial charge in [-0.15, -0.1) is 0 Å². The first-order valence-corrected chi connectivity index (χ1v) is 6.99. The van der Waals surface area contributed by atoms with Crippen LogP contribution in [0.4, 0.5) is 4.39 Å². The molecule has 0 fully saturated rings. The van der Waals surface area contributed by atoms with Crippen LogP contribution in [0.5, 0.6) is 0 Å². The molecular formula is C13H18FNOS. The van der Waals surface area contributed by atoms with E-state index in [0.29, 0.717) is 0 Å². The highest BCUT2D eigenvalue weighted by molar-refractivity contribution is 7.84. The molecule has 0 radical (unpaired) electrons. The molecule has 0 amide bonds. The monoisotopic (exact) mass is 255 g/mol. The molecule has 2 nitrogen and oxygen atoms in total. The zero-order valence-corrected chi connectivity index (χ0v) is 11.2. The van der Waals surface area contributed by atoms with E-state index < -0.39 is 11.0 Å². The Bertz CT molecular complexity index is 453. The third-order valence-electron chi connectivity index (χ3n) is 2.99. The van der Waals surface area contributed by atoms with Gasteiger partial charge in [0, 0.05) is 6.04 Å². The van der Waals surface area contributed by atoms with E-state index in [4.69, 9.17) is 0 Å². The third kappa shape index (κ3) is 2.75. The van der Waals surface area contributed by atoms with E-state index in [0.717, 1.165) is 24.0 Å². The standard InChI is InChI=1S/C13H18FNOS/c1-13(2,3)17(16)15-12-7-5-9-4-6-10(14)8-11(9)12/h4,6,8,12,15H,5,7H2,1-3H3/t12-,17-/m0/s1. The van der Waals surface area contributed by atoms with Gasteiger partial charge in [-0.2, -0.15) is 0 Å². The van der Waals surface area contributed by atoms with E-state index in [1.165, 1.54) is 6.07 Å². The summed E-state index contributed by atoms with van der Waals surface area (Å²) >= 11 is 0. The minimum atomic E-state index is -1.11. The molecule has 0 unspecified atom stereocenters. The van der Waals surface area contributed by atoms with Gasteiger partial charge in [0.25, 0.3) is 0 Å². The molecule has 2 atom stereocenters. The zero-order chi connectivity index (χ0) is 12.6. The maximum absolute atomic E-state index is 13.2. The van der Waals surface area contributed by atoms with Crippen molar-refractivity contribution in [1.82, 2.24) is 4.72 Å². The Kier molecular flexibility index (Phi) is 3.36. The summed E-state index contributed by atoms with van der Waals surface area (Å²) in [5.41, 5.74) is 2.12. The number of hydrogen-bond acceptors (Lipinski definition) is 1. The first kappa shape index (κ1) is 12.7. The first-order valence-electron chi connectivity index (χ1n) is 5.84. The number of fused-ring (bicyclic) bond motifs is 1. The van der Waals surface area contributed by atoms with Crippen LogP contribution in [0.3, 0.4) is 0 Å². The molecule has 0 saturated carbocycles. The van der Waals surface area contributed by atoms with Crippen LogP contribution in [0, 0.1) is 5.82 Å². The largest absolute Gasteiger partial charge is 0.242 e. The number of rotatable bonds is 2. The van der Waals surface area contributed by atoms with E-state index in [2.05, 4.69) is 4.72 Å². The SMILES string of the molecule is CC(C)(C)[S@](=O)N[C@H]1CCc2ccc(F)cc21. The fourth-order valence-electron chi connectivity index (χ4n) is 2.00. The Morgan fingerprint density at radius 2 is 2.12 bits per heavy atom. The summed E-state index contributed by atoms with van der Waals surface area (Å²) in [4.78, 5) is 0. The smallest absolute Gasteiger partial charge is 0.123 e. The van der Waals surface area contributed by atoms with Crippen LogP contribution in [0.2, 0.25) is 0 Å². The predicted octanol–water partition coefficient (Wildman–Crippen LogP) is 2.86. The summed E-state index contributed by atoms with van der Waals surface area (Å²) in [6.45, 7) is 5.78. The molecule has 1 aliphatic rings. The zero-order valence-electron chi connectivity index (χ0n) is 10.4. The van der Waals surface area contributed by atoms with Gasteiger partial charge in [-0.25, -0.2) is 13.3 Å². The van der Waals surface area contributed by atoms with Gasteiger partial charge < -0.3 is 0 Å². The Morgan fingerprint density at radius 1 is 1.41 bits per heavy atom. The average Bonchev–Trinajstić information content (AvgIpc) is 2.60. The quantitative estimate of drug-likeness (QED) is 0.865. The molecule has 1 aromatic carbocycles. The van der Waals surface area contributed by atoms with Gasteiger partial charge in [-0.3, -0.25) is 0 Å². The molecule has 1 aromatic rings. The van der Waals surface area contributed by atoms with Crippen molar-refractivity contribution >= 4 is 11.0 Å². The van der Waals surface area contributed by atoms with E-state index in [1.807, 2.05) is 26.8 Å². The van der Waals surface area contributed by atoms with Crippen molar-refractivity contribution in [1.29, 1.82) is 0 Å². The fourth-order valence-corrected chi connectivity index (χ4v) is 2.86. The number of halogens is 1. The van der Waals surface area contributed by atoms with Gasteiger partial charge in [0.1, 0.15) is 5.82 Å². The first-order chi connectivity index (χ1) is 7.88. The lowest BCUT2D eigenvalue weighted by atomic mass is 10.1. The molecular weight excluding hydrogens is 237 g/mol. The summed E-state index contributed by atoms with van der Waals surface area (Å²) in [5, 5.41) is 0. The molecule has 0 bridgehead atoms. The predicted molar refractivity (Wildman–Crippen MR) is 68.5 cm³/mol. The fraction of sp³-hybridized carbons (Fsp3) is 0.538. The van der Waals surface area contributed by atoms with E-state index in [9.17, 15) is 8.60 Å². The lowest BCUT2D eigenvalue weighted by molar-refractivity contribution is 0.590. The lowest BCUT2D eigenvalue weighted by Crippen LogP contribution is -2.35. The number of nitrogens with one attached hydrogen (secondary N) is 1. The Balaban J connectivity index is 2.17. The summed E-state index contributed by atoms with van der Waals surface area (Å²) in [6, 6.07) is 4.88. The minimum absolute atomic E-state index is 0.0146. The maximum atomic E-state index is 13.2. The van der Waals surface area contributed by atoms with Crippen LogP contribution in [-0.2, 0) is 17.4 Å². The van der Waals surface area contributed by atoms with Crippen LogP contribution in [0.15, 0.2) is 18.2 Å². The van der Waals surface area contributed by atoms with Gasteiger partial charge in [0.2, 0.25) is 0 Å². The van der Waals surface area contributed by atoms with Crippen LogP contribution >= 0.6 is 0 Å². The number of benzene rings is 1. The van der Waals surface area contributed by atoms with E-state index >= 15 is 0 Å². The van der Waals surface area contributed by atoms with Crippen LogP contribution < -0.4 is 4.72 Å². The Labute approximate surface area is 104 Å². The summed E-state index contributed by atoms with van der Waals surface area (Å²) < 4.78 is 28.0. The van der Waals surface area contributed by atoms with Gasteiger partial charge in [0.15, 0.2) is 0 Å². The van der Waals surface area contributed by atoms with Crippen molar-refractivity contribution in [2.45, 2.75) is 44.4 Å². The molecule has 2 rings (SSSR count). The highest BCUT2D eigenvalue weighted by atomic mass is 32.2. The van der Waals surface area contributed by atoms with Crippen molar-refractivity contribution in [2.24, 2.45) is 0 Å². The molecule has 1 aliphatic carbocycles. The molecule has 0 spiro atoms. The number of aryl methyl sites for hydroxylation is 1. The maximum Gasteiger partial charge on any atom is 0.123 e. The normalized spacial score (nSPS) is 21.3. The van der Waals surface area contributed by atoms with Crippen molar-refractivity contribution in [3.63, 3.8) is 0 Å². The molecule has 94 valence electrons. The third-order valence-corrected chi connectivity index (χ3v) is 4.60. The molecule has 1 N–H and O–H groups in total.